The van der Waals surface area contributed by atoms with Crippen molar-refractivity contribution in [3.8, 4) is 0 Å². The highest BCUT2D eigenvalue weighted by Gasteiger charge is 2.31. The van der Waals surface area contributed by atoms with Crippen molar-refractivity contribution in [2.24, 2.45) is 5.92 Å². The number of aliphatic hydroxyl groups excluding tert-OH is 1. The summed E-state index contributed by atoms with van der Waals surface area (Å²) in [5, 5.41) is 9.92. The van der Waals surface area contributed by atoms with E-state index in [0.717, 1.165) is 37.7 Å². The van der Waals surface area contributed by atoms with Crippen molar-refractivity contribution in [1.82, 2.24) is 0 Å². The van der Waals surface area contributed by atoms with E-state index in [9.17, 15) is 9.90 Å². The summed E-state index contributed by atoms with van der Waals surface area (Å²) in [6.07, 6.45) is 17.7. The number of hydrogen-bond acceptors (Lipinski definition) is 4. The molecule has 0 saturated heterocycles. The molecule has 0 spiro atoms. The molecule has 1 N–H and O–H groups in total. The summed E-state index contributed by atoms with van der Waals surface area (Å²) in [7, 11) is 0. The van der Waals surface area contributed by atoms with Crippen molar-refractivity contribution in [3.63, 3.8) is 0 Å². The summed E-state index contributed by atoms with van der Waals surface area (Å²) in [5.74, 6) is 0.156. The lowest BCUT2D eigenvalue weighted by molar-refractivity contribution is -0.140. The minimum absolute atomic E-state index is 0.0750. The Morgan fingerprint density at radius 2 is 2.10 bits per heavy atom. The molecule has 1 aliphatic heterocycles. The Morgan fingerprint density at radius 3 is 2.76 bits per heavy atom. The Balaban J connectivity index is 1.65. The maximum atomic E-state index is 11.5. The van der Waals surface area contributed by atoms with E-state index in [0.29, 0.717) is 17.9 Å². The standard InChI is InChI=1S/C25H34O4/c1-18(8-5-9-19(2)11-7-13-22-14-15-28-17-22)10-6-12-20(3)16-23-24(26)21(4)25(27)29-23/h5,8-9,12,14-15,17-18,23,26H,6-7,10-11,13,16H2,1-4H3/b8-5+,19-9+,20-12+/t18-,23?/m1/s1. The van der Waals surface area contributed by atoms with Crippen LogP contribution >= 0.6 is 0 Å². The number of cyclic esters (lactones) is 1. The normalized spacial score (nSPS) is 19.3. The summed E-state index contributed by atoms with van der Waals surface area (Å²) in [5.41, 5.74) is 4.11. The van der Waals surface area contributed by atoms with E-state index in [1.807, 2.05) is 19.3 Å². The zero-order chi connectivity index (χ0) is 21.2. The lowest BCUT2D eigenvalue weighted by atomic mass is 10.0. The molecule has 0 aromatic carbocycles. The molecule has 29 heavy (non-hydrogen) atoms. The van der Waals surface area contributed by atoms with E-state index in [-0.39, 0.29) is 5.76 Å². The highest BCUT2D eigenvalue weighted by Crippen LogP contribution is 2.25. The first-order valence-corrected chi connectivity index (χ1v) is 10.5. The van der Waals surface area contributed by atoms with Crippen molar-refractivity contribution in [2.75, 3.05) is 0 Å². The van der Waals surface area contributed by atoms with Gasteiger partial charge in [0.2, 0.25) is 0 Å². The van der Waals surface area contributed by atoms with Crippen LogP contribution in [0.1, 0.15) is 65.4 Å². The Morgan fingerprint density at radius 1 is 1.31 bits per heavy atom. The fourth-order valence-electron chi connectivity index (χ4n) is 3.32. The van der Waals surface area contributed by atoms with Crippen molar-refractivity contribution in [1.29, 1.82) is 0 Å². The zero-order valence-electron chi connectivity index (χ0n) is 18.1. The second-order valence-electron chi connectivity index (χ2n) is 8.10. The summed E-state index contributed by atoms with van der Waals surface area (Å²) < 4.78 is 10.3. The minimum atomic E-state index is -0.516. The van der Waals surface area contributed by atoms with E-state index in [1.165, 1.54) is 11.1 Å². The Kier molecular flexibility index (Phi) is 9.04. The number of allylic oxidation sites excluding steroid dienone is 5. The third kappa shape index (κ3) is 7.80. The largest absolute Gasteiger partial charge is 0.508 e. The van der Waals surface area contributed by atoms with Gasteiger partial charge in [-0.15, -0.1) is 0 Å². The molecule has 2 heterocycles. The van der Waals surface area contributed by atoms with E-state index in [4.69, 9.17) is 9.15 Å². The molecule has 0 aliphatic carbocycles. The van der Waals surface area contributed by atoms with Gasteiger partial charge in [-0.05, 0) is 70.4 Å². The number of carbonyl (C=O) groups is 1. The van der Waals surface area contributed by atoms with Gasteiger partial charge in [-0.25, -0.2) is 4.79 Å². The van der Waals surface area contributed by atoms with Crippen LogP contribution in [0.4, 0.5) is 0 Å². The van der Waals surface area contributed by atoms with Crippen LogP contribution < -0.4 is 0 Å². The van der Waals surface area contributed by atoms with Gasteiger partial charge in [-0.1, -0.05) is 42.4 Å². The third-order valence-corrected chi connectivity index (χ3v) is 5.30. The average Bonchev–Trinajstić information content (AvgIpc) is 3.27. The van der Waals surface area contributed by atoms with Crippen LogP contribution in [-0.4, -0.2) is 17.2 Å². The van der Waals surface area contributed by atoms with Crippen LogP contribution in [-0.2, 0) is 16.0 Å². The smallest absolute Gasteiger partial charge is 0.338 e. The number of furan rings is 1. The van der Waals surface area contributed by atoms with Gasteiger partial charge in [0.15, 0.2) is 6.10 Å². The molecule has 158 valence electrons. The number of hydrogen-bond donors (Lipinski definition) is 1. The summed E-state index contributed by atoms with van der Waals surface area (Å²) in [6, 6.07) is 2.03. The first-order chi connectivity index (χ1) is 13.9. The van der Waals surface area contributed by atoms with E-state index >= 15 is 0 Å². The van der Waals surface area contributed by atoms with Gasteiger partial charge in [-0.3, -0.25) is 0 Å². The van der Waals surface area contributed by atoms with Crippen molar-refractivity contribution in [2.45, 2.75) is 72.3 Å². The molecule has 0 fully saturated rings. The molecule has 4 nitrogen and oxygen atoms in total. The molecule has 1 aliphatic rings. The molecule has 2 rings (SSSR count). The molecule has 0 saturated carbocycles. The van der Waals surface area contributed by atoms with Crippen LogP contribution in [0.25, 0.3) is 0 Å². The lowest BCUT2D eigenvalue weighted by Gasteiger charge is -2.11. The maximum absolute atomic E-state index is 11.5. The SMILES string of the molecule is CC1=C(O)C(C/C(C)=C/CC[C@H](C)/C=C/C=C(\C)CCCc2ccoc2)OC1=O. The van der Waals surface area contributed by atoms with E-state index < -0.39 is 12.1 Å². The second kappa shape index (κ2) is 11.5. The first-order valence-electron chi connectivity index (χ1n) is 10.5. The van der Waals surface area contributed by atoms with Crippen LogP contribution in [0.15, 0.2) is 69.8 Å². The first kappa shape index (κ1) is 22.8. The molecule has 2 atom stereocenters. The predicted octanol–water partition coefficient (Wildman–Crippen LogP) is 6.61. The number of carbonyl (C=O) groups excluding carboxylic acids is 1. The Hall–Kier alpha value is -2.49. The van der Waals surface area contributed by atoms with Gasteiger partial charge in [0.1, 0.15) is 5.76 Å². The molecule has 0 amide bonds. The molecule has 1 aromatic heterocycles. The molecule has 1 unspecified atom stereocenters. The van der Waals surface area contributed by atoms with Crippen molar-refractivity contribution in [3.05, 3.63) is 70.9 Å². The topological polar surface area (TPSA) is 59.7 Å². The van der Waals surface area contributed by atoms with E-state index in [2.05, 4.69) is 38.2 Å². The monoisotopic (exact) mass is 398 g/mol. The molecular weight excluding hydrogens is 364 g/mol. The Bertz CT molecular complexity index is 778. The van der Waals surface area contributed by atoms with Gasteiger partial charge in [-0.2, -0.15) is 0 Å². The highest BCUT2D eigenvalue weighted by atomic mass is 16.6. The quantitative estimate of drug-likeness (QED) is 0.259. The van der Waals surface area contributed by atoms with Gasteiger partial charge in [0.05, 0.1) is 18.1 Å². The number of aliphatic hydroxyl groups is 1. The molecule has 4 heteroatoms. The van der Waals surface area contributed by atoms with Gasteiger partial charge < -0.3 is 14.3 Å². The van der Waals surface area contributed by atoms with Gasteiger partial charge >= 0.3 is 5.97 Å². The van der Waals surface area contributed by atoms with Crippen LogP contribution in [0.2, 0.25) is 0 Å². The van der Waals surface area contributed by atoms with Crippen molar-refractivity contribution >= 4 is 5.97 Å². The fourth-order valence-corrected chi connectivity index (χ4v) is 3.32. The molecular formula is C25H34O4. The summed E-state index contributed by atoms with van der Waals surface area (Å²) >= 11 is 0. The predicted molar refractivity (Wildman–Crippen MR) is 117 cm³/mol. The third-order valence-electron chi connectivity index (χ3n) is 5.30. The number of ether oxygens (including phenoxy) is 1. The molecule has 1 aromatic rings. The summed E-state index contributed by atoms with van der Waals surface area (Å²) in [6.45, 7) is 8.02. The minimum Gasteiger partial charge on any atom is -0.508 e. The number of rotatable bonds is 11. The second-order valence-corrected chi connectivity index (χ2v) is 8.10. The van der Waals surface area contributed by atoms with E-state index in [1.54, 1.807) is 13.2 Å². The average molecular weight is 399 g/mol. The van der Waals surface area contributed by atoms with Crippen molar-refractivity contribution < 1.29 is 19.1 Å². The lowest BCUT2D eigenvalue weighted by Crippen LogP contribution is -2.12. The summed E-state index contributed by atoms with van der Waals surface area (Å²) in [4.78, 5) is 11.5. The molecule has 0 bridgehead atoms. The van der Waals surface area contributed by atoms with Crippen LogP contribution in [0.5, 0.6) is 0 Å². The number of aryl methyl sites for hydroxylation is 1. The molecule has 0 radical (unpaired) electrons. The highest BCUT2D eigenvalue weighted by molar-refractivity contribution is 5.91. The zero-order valence-corrected chi connectivity index (χ0v) is 18.1. The maximum Gasteiger partial charge on any atom is 0.338 e. The van der Waals surface area contributed by atoms with Gasteiger partial charge in [0, 0.05) is 6.42 Å². The van der Waals surface area contributed by atoms with Gasteiger partial charge in [0.25, 0.3) is 0 Å². The fraction of sp³-hybridized carbons (Fsp3) is 0.480. The Labute approximate surface area is 174 Å². The van der Waals surface area contributed by atoms with Crippen LogP contribution in [0.3, 0.4) is 0 Å². The number of esters is 1. The van der Waals surface area contributed by atoms with Crippen LogP contribution in [0, 0.1) is 5.92 Å².